The Morgan fingerprint density at radius 1 is 1.29 bits per heavy atom. The molecule has 0 aliphatic rings. The van der Waals surface area contributed by atoms with Crippen molar-refractivity contribution < 1.29 is 9.84 Å². The average Bonchev–Trinajstić information content (AvgIpc) is 2.43. The molecule has 0 aliphatic heterocycles. The minimum atomic E-state index is -0.762. The smallest absolute Gasteiger partial charge is 0.348 e. The van der Waals surface area contributed by atoms with Gasteiger partial charge in [0.1, 0.15) is 5.75 Å². The van der Waals surface area contributed by atoms with E-state index in [-0.39, 0.29) is 12.2 Å². The molecule has 0 bridgehead atoms. The van der Waals surface area contributed by atoms with Crippen molar-refractivity contribution in [2.24, 2.45) is 0 Å². The van der Waals surface area contributed by atoms with Crippen LogP contribution in [0, 0.1) is 13.8 Å². The van der Waals surface area contributed by atoms with Gasteiger partial charge in [0.05, 0.1) is 19.3 Å². The molecule has 5 nitrogen and oxygen atoms in total. The van der Waals surface area contributed by atoms with Crippen LogP contribution in [-0.2, 0) is 6.54 Å². The molecule has 1 atom stereocenters. The molecule has 1 N–H and O–H groups in total. The number of aromatic nitrogens is 2. The highest BCUT2D eigenvalue weighted by atomic mass is 16.5. The number of aliphatic hydroxyl groups is 1. The average molecular weight is 288 g/mol. The van der Waals surface area contributed by atoms with Crippen molar-refractivity contribution in [1.29, 1.82) is 0 Å². The standard InChI is InChI=1S/C16H20N2O3/c1-4-21-14-7-5-13(6-8-14)15(19)10-18-12(3)9-11(2)17-16(18)20/h5-9,15,19H,4,10H2,1-3H3. The van der Waals surface area contributed by atoms with Crippen LogP contribution < -0.4 is 10.4 Å². The summed E-state index contributed by atoms with van der Waals surface area (Å²) < 4.78 is 6.84. The summed E-state index contributed by atoms with van der Waals surface area (Å²) in [4.78, 5) is 15.8. The van der Waals surface area contributed by atoms with Crippen LogP contribution in [0.15, 0.2) is 35.1 Å². The molecule has 1 aromatic carbocycles. The molecule has 1 heterocycles. The lowest BCUT2D eigenvalue weighted by atomic mass is 10.1. The maximum Gasteiger partial charge on any atom is 0.348 e. The zero-order valence-corrected chi connectivity index (χ0v) is 12.5. The quantitative estimate of drug-likeness (QED) is 0.914. The second kappa shape index (κ2) is 6.54. The minimum Gasteiger partial charge on any atom is -0.494 e. The molecule has 21 heavy (non-hydrogen) atoms. The highest BCUT2D eigenvalue weighted by molar-refractivity contribution is 5.28. The maximum atomic E-state index is 11.9. The zero-order chi connectivity index (χ0) is 15.4. The molecule has 0 aliphatic carbocycles. The molecule has 112 valence electrons. The Labute approximate surface area is 123 Å². The molecule has 2 aromatic rings. The molecule has 0 spiro atoms. The fourth-order valence-electron chi connectivity index (χ4n) is 2.23. The van der Waals surface area contributed by atoms with Crippen LogP contribution in [0.25, 0.3) is 0 Å². The number of hydrogen-bond donors (Lipinski definition) is 1. The Morgan fingerprint density at radius 3 is 2.52 bits per heavy atom. The third-order valence-corrected chi connectivity index (χ3v) is 3.28. The fraction of sp³-hybridized carbons (Fsp3) is 0.375. The van der Waals surface area contributed by atoms with E-state index in [0.29, 0.717) is 12.3 Å². The third kappa shape index (κ3) is 3.70. The lowest BCUT2D eigenvalue weighted by Crippen LogP contribution is -2.28. The molecule has 5 heteroatoms. The van der Waals surface area contributed by atoms with Crippen LogP contribution in [0.4, 0.5) is 0 Å². The first-order valence-electron chi connectivity index (χ1n) is 6.97. The highest BCUT2D eigenvalue weighted by Crippen LogP contribution is 2.19. The number of nitrogens with zero attached hydrogens (tertiary/aromatic N) is 2. The highest BCUT2D eigenvalue weighted by Gasteiger charge is 2.12. The maximum absolute atomic E-state index is 11.9. The van der Waals surface area contributed by atoms with Gasteiger partial charge in [0.2, 0.25) is 0 Å². The van der Waals surface area contributed by atoms with E-state index in [0.717, 1.165) is 17.0 Å². The van der Waals surface area contributed by atoms with Gasteiger partial charge in [-0.2, -0.15) is 4.98 Å². The van der Waals surface area contributed by atoms with Gasteiger partial charge < -0.3 is 9.84 Å². The van der Waals surface area contributed by atoms with Crippen LogP contribution in [0.5, 0.6) is 5.75 Å². The molecule has 1 unspecified atom stereocenters. The van der Waals surface area contributed by atoms with Crippen molar-refractivity contribution in [1.82, 2.24) is 9.55 Å². The van der Waals surface area contributed by atoms with E-state index in [1.807, 2.05) is 32.0 Å². The van der Waals surface area contributed by atoms with E-state index in [2.05, 4.69) is 4.98 Å². The Morgan fingerprint density at radius 2 is 1.95 bits per heavy atom. The summed E-state index contributed by atoms with van der Waals surface area (Å²) in [6, 6.07) is 9.05. The van der Waals surface area contributed by atoms with E-state index >= 15 is 0 Å². The van der Waals surface area contributed by atoms with Gasteiger partial charge in [-0.15, -0.1) is 0 Å². The number of rotatable bonds is 5. The van der Waals surface area contributed by atoms with Gasteiger partial charge in [-0.25, -0.2) is 4.79 Å². The van der Waals surface area contributed by atoms with Gasteiger partial charge in [-0.3, -0.25) is 4.57 Å². The van der Waals surface area contributed by atoms with E-state index in [9.17, 15) is 9.90 Å². The molecule has 0 saturated heterocycles. The number of aliphatic hydroxyl groups excluding tert-OH is 1. The molecule has 0 radical (unpaired) electrons. The predicted molar refractivity (Wildman–Crippen MR) is 80.5 cm³/mol. The monoisotopic (exact) mass is 288 g/mol. The molecule has 0 amide bonds. The topological polar surface area (TPSA) is 64.3 Å². The van der Waals surface area contributed by atoms with E-state index in [1.54, 1.807) is 19.1 Å². The van der Waals surface area contributed by atoms with E-state index in [1.165, 1.54) is 4.57 Å². The van der Waals surface area contributed by atoms with Crippen LogP contribution in [0.1, 0.15) is 30.0 Å². The second-order valence-electron chi connectivity index (χ2n) is 4.95. The number of hydrogen-bond acceptors (Lipinski definition) is 4. The molecular formula is C16H20N2O3. The first-order valence-corrected chi connectivity index (χ1v) is 6.97. The van der Waals surface area contributed by atoms with Gasteiger partial charge in [0.15, 0.2) is 0 Å². The van der Waals surface area contributed by atoms with Crippen molar-refractivity contribution in [3.8, 4) is 5.75 Å². The number of ether oxygens (including phenoxy) is 1. The van der Waals surface area contributed by atoms with Crippen LogP contribution in [0.3, 0.4) is 0 Å². The minimum absolute atomic E-state index is 0.186. The lowest BCUT2D eigenvalue weighted by molar-refractivity contribution is 0.153. The Kier molecular flexibility index (Phi) is 4.75. The van der Waals surface area contributed by atoms with Gasteiger partial charge in [0, 0.05) is 11.4 Å². The summed E-state index contributed by atoms with van der Waals surface area (Å²) in [5.74, 6) is 0.763. The number of aryl methyl sites for hydroxylation is 2. The second-order valence-corrected chi connectivity index (χ2v) is 4.95. The van der Waals surface area contributed by atoms with Gasteiger partial charge in [-0.1, -0.05) is 12.1 Å². The van der Waals surface area contributed by atoms with Crippen molar-refractivity contribution in [2.75, 3.05) is 6.61 Å². The molecule has 0 fully saturated rings. The first-order chi connectivity index (χ1) is 10.0. The summed E-state index contributed by atoms with van der Waals surface area (Å²) in [5, 5.41) is 10.3. The van der Waals surface area contributed by atoms with Gasteiger partial charge in [0.25, 0.3) is 0 Å². The van der Waals surface area contributed by atoms with E-state index < -0.39 is 6.10 Å². The largest absolute Gasteiger partial charge is 0.494 e. The van der Waals surface area contributed by atoms with E-state index in [4.69, 9.17) is 4.74 Å². The normalized spacial score (nSPS) is 12.2. The summed E-state index contributed by atoms with van der Waals surface area (Å²) in [6.07, 6.45) is -0.762. The van der Waals surface area contributed by atoms with Crippen molar-refractivity contribution >= 4 is 0 Å². The first kappa shape index (κ1) is 15.3. The summed E-state index contributed by atoms with van der Waals surface area (Å²) >= 11 is 0. The molecule has 0 saturated carbocycles. The van der Waals surface area contributed by atoms with Crippen LogP contribution >= 0.6 is 0 Å². The van der Waals surface area contributed by atoms with Crippen molar-refractivity contribution in [3.63, 3.8) is 0 Å². The zero-order valence-electron chi connectivity index (χ0n) is 12.5. The summed E-state index contributed by atoms with van der Waals surface area (Å²) in [5.41, 5.74) is 1.88. The van der Waals surface area contributed by atoms with Gasteiger partial charge in [-0.05, 0) is 44.5 Å². The van der Waals surface area contributed by atoms with Crippen LogP contribution in [0.2, 0.25) is 0 Å². The Bertz CT molecular complexity index is 662. The van der Waals surface area contributed by atoms with Gasteiger partial charge >= 0.3 is 5.69 Å². The molecule has 1 aromatic heterocycles. The Balaban J connectivity index is 2.18. The SMILES string of the molecule is CCOc1ccc(C(O)Cn2c(C)cc(C)nc2=O)cc1. The molecule has 2 rings (SSSR count). The van der Waals surface area contributed by atoms with Crippen LogP contribution in [-0.4, -0.2) is 21.3 Å². The fourth-order valence-corrected chi connectivity index (χ4v) is 2.23. The molecular weight excluding hydrogens is 268 g/mol. The summed E-state index contributed by atoms with van der Waals surface area (Å²) in [7, 11) is 0. The van der Waals surface area contributed by atoms with Crippen molar-refractivity contribution in [2.45, 2.75) is 33.4 Å². The predicted octanol–water partition coefficient (Wildman–Crippen LogP) is 1.99. The number of benzene rings is 1. The third-order valence-electron chi connectivity index (χ3n) is 3.28. The lowest BCUT2D eigenvalue weighted by Gasteiger charge is -2.15. The van der Waals surface area contributed by atoms with Crippen molar-refractivity contribution in [3.05, 3.63) is 57.8 Å². The summed E-state index contributed by atoms with van der Waals surface area (Å²) in [6.45, 7) is 6.32. The Hall–Kier alpha value is -2.14.